The molecule has 6 nitrogen and oxygen atoms in total. The lowest BCUT2D eigenvalue weighted by molar-refractivity contribution is -0.167. The van der Waals surface area contributed by atoms with Gasteiger partial charge in [-0.3, -0.25) is 14.4 Å². The Morgan fingerprint density at radius 1 is 0.323 bits per heavy atom. The first-order chi connectivity index (χ1) is 32.0. The Kier molecular flexibility index (Phi) is 50.0. The van der Waals surface area contributed by atoms with Crippen molar-refractivity contribution in [3.05, 3.63) is 97.2 Å². The largest absolute Gasteiger partial charge is 0.462 e. The molecule has 0 amide bonds. The van der Waals surface area contributed by atoms with Crippen LogP contribution in [0.1, 0.15) is 239 Å². The molecule has 0 radical (unpaired) electrons. The molecule has 0 aromatic rings. The van der Waals surface area contributed by atoms with Gasteiger partial charge >= 0.3 is 17.9 Å². The summed E-state index contributed by atoms with van der Waals surface area (Å²) in [5.74, 6) is -0.997. The molecule has 0 aliphatic rings. The van der Waals surface area contributed by atoms with E-state index in [1.165, 1.54) is 83.5 Å². The molecule has 1 atom stereocenters. The zero-order chi connectivity index (χ0) is 47.2. The quantitative estimate of drug-likeness (QED) is 0.0262. The lowest BCUT2D eigenvalue weighted by atomic mass is 10.1. The van der Waals surface area contributed by atoms with Gasteiger partial charge in [-0.25, -0.2) is 0 Å². The van der Waals surface area contributed by atoms with Gasteiger partial charge in [-0.2, -0.15) is 0 Å². The summed E-state index contributed by atoms with van der Waals surface area (Å²) in [5.41, 5.74) is 0. The number of unbranched alkanes of at least 4 members (excludes halogenated alkanes) is 20. The molecule has 0 saturated heterocycles. The van der Waals surface area contributed by atoms with Gasteiger partial charge in [0.05, 0.1) is 0 Å². The Bertz CT molecular complexity index is 1310. The van der Waals surface area contributed by atoms with Gasteiger partial charge in [0.1, 0.15) is 13.2 Å². The maximum atomic E-state index is 12.8. The van der Waals surface area contributed by atoms with Crippen LogP contribution in [0.25, 0.3) is 0 Å². The zero-order valence-corrected chi connectivity index (χ0v) is 42.2. The number of hydrogen-bond acceptors (Lipinski definition) is 6. The normalized spacial score (nSPS) is 12.8. The van der Waals surface area contributed by atoms with Crippen LogP contribution in [0.4, 0.5) is 0 Å². The second kappa shape index (κ2) is 52.9. The molecule has 0 unspecified atom stereocenters. The smallest absolute Gasteiger partial charge is 0.306 e. The van der Waals surface area contributed by atoms with Gasteiger partial charge in [-0.15, -0.1) is 0 Å². The highest BCUT2D eigenvalue weighted by Gasteiger charge is 2.19. The number of rotatable bonds is 47. The standard InChI is InChI=1S/C59H98O6/c1-4-7-10-13-16-19-22-25-27-29-31-34-37-40-43-46-49-52-58(61)64-55-56(54-63-57(60)51-48-45-42-39-36-33-24-21-18-15-12-9-6-3)65-59(62)53-50-47-44-41-38-35-32-30-28-26-23-20-17-14-11-8-5-2/h8,11,17,20-21,24-28,31-32,34-35,40,43,56H,4-7,9-10,12-16,18-19,22-23,29-30,33,36-39,41-42,44-55H2,1-3H3/b11-8-,20-17-,24-21-,27-25-,28-26-,34-31-,35-32-,43-40-/t56-/m0/s1. The van der Waals surface area contributed by atoms with Crippen molar-refractivity contribution in [3.8, 4) is 0 Å². The lowest BCUT2D eigenvalue weighted by Crippen LogP contribution is -2.30. The van der Waals surface area contributed by atoms with Crippen molar-refractivity contribution in [1.82, 2.24) is 0 Å². The molecule has 0 spiro atoms. The SMILES string of the molecule is CC/C=C\C/C=C\C/C=C\C/C=C\CCCCCCC(=O)O[C@H](COC(=O)CCC/C=C\C/C=C\C/C=C\CCCCCCCC)COC(=O)CCCCCCC/C=C\CCCCCC. The number of esters is 3. The van der Waals surface area contributed by atoms with Crippen molar-refractivity contribution >= 4 is 17.9 Å². The van der Waals surface area contributed by atoms with E-state index in [-0.39, 0.29) is 44.0 Å². The van der Waals surface area contributed by atoms with Crippen molar-refractivity contribution < 1.29 is 28.6 Å². The van der Waals surface area contributed by atoms with Gasteiger partial charge < -0.3 is 14.2 Å². The third kappa shape index (κ3) is 51.2. The van der Waals surface area contributed by atoms with Gasteiger partial charge in [0.15, 0.2) is 6.10 Å². The molecular weight excluding hydrogens is 805 g/mol. The molecule has 0 N–H and O–H groups in total. The lowest BCUT2D eigenvalue weighted by Gasteiger charge is -2.18. The van der Waals surface area contributed by atoms with Crippen LogP contribution >= 0.6 is 0 Å². The number of carbonyl (C=O) groups excluding carboxylic acids is 3. The first-order valence-electron chi connectivity index (χ1n) is 26.7. The maximum absolute atomic E-state index is 12.8. The van der Waals surface area contributed by atoms with Crippen molar-refractivity contribution in [2.75, 3.05) is 13.2 Å². The number of carbonyl (C=O) groups is 3. The molecule has 0 bridgehead atoms. The molecule has 6 heteroatoms. The van der Waals surface area contributed by atoms with Crippen LogP contribution in [-0.4, -0.2) is 37.2 Å². The minimum absolute atomic E-state index is 0.108. The van der Waals surface area contributed by atoms with Crippen molar-refractivity contribution in [2.45, 2.75) is 245 Å². The van der Waals surface area contributed by atoms with E-state index in [4.69, 9.17) is 14.2 Å². The third-order valence-electron chi connectivity index (χ3n) is 11.0. The highest BCUT2D eigenvalue weighted by atomic mass is 16.6. The van der Waals surface area contributed by atoms with Gasteiger partial charge in [0.2, 0.25) is 0 Å². The Labute approximate surface area is 400 Å². The molecule has 0 heterocycles. The van der Waals surface area contributed by atoms with E-state index in [0.717, 1.165) is 109 Å². The number of allylic oxidation sites excluding steroid dienone is 16. The minimum atomic E-state index is -0.815. The van der Waals surface area contributed by atoms with Gasteiger partial charge in [-0.05, 0) is 116 Å². The van der Waals surface area contributed by atoms with Crippen LogP contribution in [0.5, 0.6) is 0 Å². The van der Waals surface area contributed by atoms with E-state index >= 15 is 0 Å². The topological polar surface area (TPSA) is 78.9 Å². The van der Waals surface area contributed by atoms with Crippen molar-refractivity contribution in [3.63, 3.8) is 0 Å². The second-order valence-corrected chi connectivity index (χ2v) is 17.4. The molecule has 0 rings (SSSR count). The van der Waals surface area contributed by atoms with E-state index in [1.54, 1.807) is 0 Å². The Hall–Kier alpha value is -3.67. The summed E-state index contributed by atoms with van der Waals surface area (Å²) >= 11 is 0. The van der Waals surface area contributed by atoms with E-state index in [1.807, 2.05) is 0 Å². The van der Waals surface area contributed by atoms with Crippen LogP contribution in [0.3, 0.4) is 0 Å². The summed E-state index contributed by atoms with van der Waals surface area (Å²) in [6, 6.07) is 0. The predicted molar refractivity (Wildman–Crippen MR) is 279 cm³/mol. The monoisotopic (exact) mass is 903 g/mol. The average Bonchev–Trinajstić information content (AvgIpc) is 3.30. The van der Waals surface area contributed by atoms with Crippen LogP contribution in [0, 0.1) is 0 Å². The number of hydrogen-bond donors (Lipinski definition) is 0. The Morgan fingerprint density at radius 3 is 1.03 bits per heavy atom. The molecule has 370 valence electrons. The van der Waals surface area contributed by atoms with Gasteiger partial charge in [0.25, 0.3) is 0 Å². The summed E-state index contributed by atoms with van der Waals surface area (Å²) in [6.07, 6.45) is 69.7. The first-order valence-corrected chi connectivity index (χ1v) is 26.7. The molecule has 0 fully saturated rings. The maximum Gasteiger partial charge on any atom is 0.306 e. The van der Waals surface area contributed by atoms with Crippen LogP contribution in [0.15, 0.2) is 97.2 Å². The molecule has 65 heavy (non-hydrogen) atoms. The second-order valence-electron chi connectivity index (χ2n) is 17.4. The van der Waals surface area contributed by atoms with Crippen molar-refractivity contribution in [1.29, 1.82) is 0 Å². The Balaban J connectivity index is 4.53. The fourth-order valence-corrected chi connectivity index (χ4v) is 7.03. The summed E-state index contributed by atoms with van der Waals surface area (Å²) in [5, 5.41) is 0. The molecule has 0 aliphatic carbocycles. The van der Waals surface area contributed by atoms with Crippen LogP contribution < -0.4 is 0 Å². The van der Waals surface area contributed by atoms with Crippen LogP contribution in [-0.2, 0) is 28.6 Å². The summed E-state index contributed by atoms with van der Waals surface area (Å²) < 4.78 is 16.7. The highest BCUT2D eigenvalue weighted by Crippen LogP contribution is 2.13. The summed E-state index contributed by atoms with van der Waals surface area (Å²) in [6.45, 7) is 6.42. The third-order valence-corrected chi connectivity index (χ3v) is 11.0. The van der Waals surface area contributed by atoms with E-state index in [2.05, 4.69) is 118 Å². The fraction of sp³-hybridized carbons (Fsp3) is 0.678. The van der Waals surface area contributed by atoms with Crippen molar-refractivity contribution in [2.24, 2.45) is 0 Å². The average molecular weight is 903 g/mol. The van der Waals surface area contributed by atoms with E-state index in [9.17, 15) is 14.4 Å². The summed E-state index contributed by atoms with van der Waals surface area (Å²) in [4.78, 5) is 38.0. The van der Waals surface area contributed by atoms with E-state index < -0.39 is 6.10 Å². The minimum Gasteiger partial charge on any atom is -0.462 e. The van der Waals surface area contributed by atoms with Gasteiger partial charge in [-0.1, -0.05) is 201 Å². The zero-order valence-electron chi connectivity index (χ0n) is 42.2. The Morgan fingerprint density at radius 2 is 0.615 bits per heavy atom. The number of ether oxygens (including phenoxy) is 3. The molecule has 0 aliphatic heterocycles. The molecule has 0 aromatic carbocycles. The first kappa shape index (κ1) is 61.3. The molecule has 0 aromatic heterocycles. The molecule has 0 saturated carbocycles. The van der Waals surface area contributed by atoms with Crippen LogP contribution in [0.2, 0.25) is 0 Å². The highest BCUT2D eigenvalue weighted by molar-refractivity contribution is 5.71. The fourth-order valence-electron chi connectivity index (χ4n) is 7.03. The van der Waals surface area contributed by atoms with E-state index in [0.29, 0.717) is 12.8 Å². The van der Waals surface area contributed by atoms with Gasteiger partial charge in [0, 0.05) is 19.3 Å². The predicted octanol–water partition coefficient (Wildman–Crippen LogP) is 17.8. The summed E-state index contributed by atoms with van der Waals surface area (Å²) in [7, 11) is 0. The molecular formula is C59H98O6.